The zero-order valence-electron chi connectivity index (χ0n) is 26.4. The first-order chi connectivity index (χ1) is 21.6. The first-order valence-electron chi connectivity index (χ1n) is 16.3. The highest BCUT2D eigenvalue weighted by molar-refractivity contribution is 5.67. The van der Waals surface area contributed by atoms with Crippen LogP contribution in [0.25, 0.3) is 34.2 Å². The van der Waals surface area contributed by atoms with Gasteiger partial charge in [-0.05, 0) is 91.6 Å². The summed E-state index contributed by atoms with van der Waals surface area (Å²) in [5.41, 5.74) is 8.99. The predicted molar refractivity (Wildman–Crippen MR) is 184 cm³/mol. The average Bonchev–Trinajstić information content (AvgIpc) is 3.09. The molecule has 0 saturated heterocycles. The van der Waals surface area contributed by atoms with E-state index in [9.17, 15) is 0 Å². The van der Waals surface area contributed by atoms with Gasteiger partial charge in [0, 0.05) is 27.8 Å². The third-order valence-electron chi connectivity index (χ3n) is 7.96. The fraction of sp³-hybridized carbons (Fsp3) is 0.293. The molecule has 5 aromatic rings. The number of aromatic nitrogens is 3. The fourth-order valence-corrected chi connectivity index (χ4v) is 5.15. The third-order valence-corrected chi connectivity index (χ3v) is 7.96. The van der Waals surface area contributed by atoms with Gasteiger partial charge in [-0.1, -0.05) is 113 Å². The summed E-state index contributed by atoms with van der Waals surface area (Å²) >= 11 is 0. The lowest BCUT2D eigenvalue weighted by atomic mass is 10.0. The molecule has 0 aliphatic heterocycles. The summed E-state index contributed by atoms with van der Waals surface area (Å²) in [6, 6.07) is 34.2. The third kappa shape index (κ3) is 8.51. The van der Waals surface area contributed by atoms with Crippen LogP contribution in [0.1, 0.15) is 87.1 Å². The van der Waals surface area contributed by atoms with Gasteiger partial charge in [0.1, 0.15) is 0 Å². The van der Waals surface area contributed by atoms with Crippen molar-refractivity contribution in [1.82, 2.24) is 15.0 Å². The topological polar surface area (TPSA) is 38.7 Å². The summed E-state index contributed by atoms with van der Waals surface area (Å²) in [5, 5.41) is 0. The second-order valence-electron chi connectivity index (χ2n) is 11.5. The molecule has 1 aromatic heterocycles. The lowest BCUT2D eigenvalue weighted by Gasteiger charge is -2.10. The first-order valence-corrected chi connectivity index (χ1v) is 16.3. The molecule has 5 rings (SSSR count). The molecule has 1 heterocycles. The van der Waals surface area contributed by atoms with Crippen LogP contribution in [0.3, 0.4) is 0 Å². The maximum absolute atomic E-state index is 4.94. The zero-order valence-corrected chi connectivity index (χ0v) is 26.4. The molecule has 0 spiro atoms. The Morgan fingerprint density at radius 2 is 0.659 bits per heavy atom. The van der Waals surface area contributed by atoms with Gasteiger partial charge in [-0.15, -0.1) is 0 Å². The predicted octanol–water partition coefficient (Wildman–Crippen LogP) is 10.3. The Morgan fingerprint density at radius 3 is 0.977 bits per heavy atom. The minimum absolute atomic E-state index is 0.664. The van der Waals surface area contributed by atoms with Crippen molar-refractivity contribution in [2.45, 2.75) is 78.6 Å². The molecule has 222 valence electrons. The molecule has 0 saturated carbocycles. The minimum Gasteiger partial charge on any atom is -0.208 e. The Balaban J connectivity index is 1.42. The molecule has 0 atom stereocenters. The second-order valence-corrected chi connectivity index (χ2v) is 11.5. The summed E-state index contributed by atoms with van der Waals surface area (Å²) in [5.74, 6) is 8.66. The SMILES string of the molecule is CCCCc1ccc(C#Cc2ccc(-c3nc(-c4ccc(CCCC)cc4)nc(-c4ccc(CCCC)cc4)n3)cc2)cc1. The smallest absolute Gasteiger partial charge is 0.164 e. The summed E-state index contributed by atoms with van der Waals surface area (Å²) in [6.07, 6.45) is 10.5. The average molecular weight is 578 g/mol. The van der Waals surface area contributed by atoms with Crippen molar-refractivity contribution in [1.29, 1.82) is 0 Å². The maximum atomic E-state index is 4.94. The number of benzene rings is 4. The highest BCUT2D eigenvalue weighted by Crippen LogP contribution is 2.26. The molecule has 0 unspecified atom stereocenters. The molecule has 0 bridgehead atoms. The lowest BCUT2D eigenvalue weighted by Crippen LogP contribution is -2.00. The molecule has 0 aliphatic carbocycles. The molecule has 0 aliphatic rings. The van der Waals surface area contributed by atoms with E-state index in [1.165, 1.54) is 55.2 Å². The molecule has 0 amide bonds. The van der Waals surface area contributed by atoms with E-state index in [1.807, 2.05) is 12.1 Å². The molecule has 0 N–H and O–H groups in total. The Kier molecular flexibility index (Phi) is 11.1. The van der Waals surface area contributed by atoms with Gasteiger partial charge in [0.25, 0.3) is 0 Å². The van der Waals surface area contributed by atoms with Gasteiger partial charge in [0.2, 0.25) is 0 Å². The Labute approximate surface area is 263 Å². The summed E-state index contributed by atoms with van der Waals surface area (Å²) < 4.78 is 0. The maximum Gasteiger partial charge on any atom is 0.164 e. The van der Waals surface area contributed by atoms with Crippen LogP contribution >= 0.6 is 0 Å². The van der Waals surface area contributed by atoms with E-state index in [1.54, 1.807) is 0 Å². The summed E-state index contributed by atoms with van der Waals surface area (Å²) in [7, 11) is 0. The standard InChI is InChI=1S/C41H43N3/c1-4-7-10-31-13-15-34(16-14-31)17-18-35-23-29-38(30-24-35)41-43-39(36-25-19-32(20-26-36)11-8-5-2)42-40(44-41)37-27-21-33(22-28-37)12-9-6-3/h13-16,19-30H,4-12H2,1-3H3. The molecule has 3 nitrogen and oxygen atoms in total. The van der Waals surface area contributed by atoms with Crippen LogP contribution in [0.15, 0.2) is 97.1 Å². The van der Waals surface area contributed by atoms with E-state index in [4.69, 9.17) is 15.0 Å². The van der Waals surface area contributed by atoms with E-state index >= 15 is 0 Å². The largest absolute Gasteiger partial charge is 0.208 e. The van der Waals surface area contributed by atoms with Crippen LogP contribution in [0.5, 0.6) is 0 Å². The van der Waals surface area contributed by atoms with Crippen molar-refractivity contribution in [3.8, 4) is 46.0 Å². The van der Waals surface area contributed by atoms with Crippen molar-refractivity contribution < 1.29 is 0 Å². The van der Waals surface area contributed by atoms with Crippen molar-refractivity contribution in [3.05, 3.63) is 125 Å². The highest BCUT2D eigenvalue weighted by Gasteiger charge is 2.13. The highest BCUT2D eigenvalue weighted by atomic mass is 15.0. The van der Waals surface area contributed by atoms with Gasteiger partial charge < -0.3 is 0 Å². The van der Waals surface area contributed by atoms with Crippen LogP contribution in [0, 0.1) is 11.8 Å². The molecule has 0 radical (unpaired) electrons. The van der Waals surface area contributed by atoms with Gasteiger partial charge in [0.05, 0.1) is 0 Å². The normalized spacial score (nSPS) is 10.8. The van der Waals surface area contributed by atoms with Crippen molar-refractivity contribution in [3.63, 3.8) is 0 Å². The van der Waals surface area contributed by atoms with Crippen LogP contribution in [-0.4, -0.2) is 15.0 Å². The Morgan fingerprint density at radius 1 is 0.386 bits per heavy atom. The number of hydrogen-bond donors (Lipinski definition) is 0. The fourth-order valence-electron chi connectivity index (χ4n) is 5.15. The minimum atomic E-state index is 0.664. The van der Waals surface area contributed by atoms with E-state index in [2.05, 4.69) is 118 Å². The second kappa shape index (κ2) is 15.8. The van der Waals surface area contributed by atoms with Gasteiger partial charge in [-0.3, -0.25) is 0 Å². The van der Waals surface area contributed by atoms with Crippen LogP contribution < -0.4 is 0 Å². The van der Waals surface area contributed by atoms with Gasteiger partial charge in [0.15, 0.2) is 17.5 Å². The number of unbranched alkanes of at least 4 members (excludes halogenated alkanes) is 3. The monoisotopic (exact) mass is 577 g/mol. The zero-order chi connectivity index (χ0) is 30.6. The lowest BCUT2D eigenvalue weighted by molar-refractivity contribution is 0.795. The van der Waals surface area contributed by atoms with E-state index in [0.717, 1.165) is 47.1 Å². The van der Waals surface area contributed by atoms with Crippen LogP contribution in [0.2, 0.25) is 0 Å². The summed E-state index contributed by atoms with van der Waals surface area (Å²) in [4.78, 5) is 14.8. The molecular weight excluding hydrogens is 534 g/mol. The van der Waals surface area contributed by atoms with E-state index < -0.39 is 0 Å². The van der Waals surface area contributed by atoms with Crippen molar-refractivity contribution >= 4 is 0 Å². The molecule has 44 heavy (non-hydrogen) atoms. The number of rotatable bonds is 12. The Bertz CT molecular complexity index is 1600. The van der Waals surface area contributed by atoms with Crippen LogP contribution in [0.4, 0.5) is 0 Å². The van der Waals surface area contributed by atoms with Crippen molar-refractivity contribution in [2.75, 3.05) is 0 Å². The van der Waals surface area contributed by atoms with Crippen molar-refractivity contribution in [2.24, 2.45) is 0 Å². The van der Waals surface area contributed by atoms with E-state index in [-0.39, 0.29) is 0 Å². The number of aryl methyl sites for hydroxylation is 3. The molecule has 0 fully saturated rings. The number of hydrogen-bond acceptors (Lipinski definition) is 3. The molecule has 4 aromatic carbocycles. The van der Waals surface area contributed by atoms with Gasteiger partial charge in [-0.2, -0.15) is 0 Å². The van der Waals surface area contributed by atoms with Gasteiger partial charge in [-0.25, -0.2) is 15.0 Å². The number of nitrogens with zero attached hydrogens (tertiary/aromatic N) is 3. The molecular formula is C41H43N3. The van der Waals surface area contributed by atoms with Gasteiger partial charge >= 0.3 is 0 Å². The first kappa shape index (κ1) is 30.9. The Hall–Kier alpha value is -4.55. The van der Waals surface area contributed by atoms with E-state index in [0.29, 0.717) is 17.5 Å². The quantitative estimate of drug-likeness (QED) is 0.138. The van der Waals surface area contributed by atoms with Crippen LogP contribution in [-0.2, 0) is 19.3 Å². The summed E-state index contributed by atoms with van der Waals surface area (Å²) in [6.45, 7) is 6.68. The molecule has 3 heteroatoms.